The molecule has 0 radical (unpaired) electrons. The number of halogens is 2. The Bertz CT molecular complexity index is 1780. The summed E-state index contributed by atoms with van der Waals surface area (Å²) in [5.41, 5.74) is 3.92. The van der Waals surface area contributed by atoms with Crippen molar-refractivity contribution in [3.05, 3.63) is 91.9 Å². The second-order valence-corrected chi connectivity index (χ2v) is 13.3. The third kappa shape index (κ3) is 10.5. The van der Waals surface area contributed by atoms with Crippen LogP contribution in [0.3, 0.4) is 0 Å². The van der Waals surface area contributed by atoms with Crippen LogP contribution in [0.1, 0.15) is 36.1 Å². The average Bonchev–Trinajstić information content (AvgIpc) is 3.05. The van der Waals surface area contributed by atoms with Gasteiger partial charge in [-0.25, -0.2) is 0 Å². The maximum Gasteiger partial charge on any atom is 0.200 e. The van der Waals surface area contributed by atoms with E-state index in [0.717, 1.165) is 11.1 Å². The van der Waals surface area contributed by atoms with Crippen LogP contribution in [0.2, 0.25) is 0 Å². The maximum absolute atomic E-state index is 9.67. The predicted molar refractivity (Wildman–Crippen MR) is 204 cm³/mol. The summed E-state index contributed by atoms with van der Waals surface area (Å²) in [5, 5.41) is 101. The first-order valence-electron chi connectivity index (χ1n) is 14.2. The van der Waals surface area contributed by atoms with Crippen LogP contribution in [0, 0.1) is 0 Å². The summed E-state index contributed by atoms with van der Waals surface area (Å²) in [6.45, 7) is 4.05. The van der Waals surface area contributed by atoms with Crippen molar-refractivity contribution in [1.29, 1.82) is 0 Å². The van der Waals surface area contributed by atoms with Crippen LogP contribution in [-0.2, 0) is 13.1 Å². The maximum atomic E-state index is 9.67. The van der Waals surface area contributed by atoms with Gasteiger partial charge in [-0.1, -0.05) is 24.4 Å². The molecule has 0 unspecified atom stereocenters. The summed E-state index contributed by atoms with van der Waals surface area (Å²) in [5.74, 6) is -3.76. The number of phenolic OH excluding ortho intramolecular Hbond substituents is 10. The number of thiocarbonyl (C=S) groups is 2. The van der Waals surface area contributed by atoms with E-state index < -0.39 is 34.5 Å². The van der Waals surface area contributed by atoms with E-state index in [0.29, 0.717) is 41.2 Å². The Morgan fingerprint density at radius 3 is 1.06 bits per heavy atom. The third-order valence-electron chi connectivity index (χ3n) is 6.88. The highest BCUT2D eigenvalue weighted by Gasteiger charge is 2.12. The van der Waals surface area contributed by atoms with Gasteiger partial charge in [0.05, 0.1) is 18.9 Å². The highest BCUT2D eigenvalue weighted by molar-refractivity contribution is 9.11. The lowest BCUT2D eigenvalue weighted by molar-refractivity contribution is 0.367. The van der Waals surface area contributed by atoms with E-state index in [4.69, 9.17) is 24.4 Å². The molecule has 0 saturated heterocycles. The summed E-state index contributed by atoms with van der Waals surface area (Å²) < 4.78 is 0.730. The van der Waals surface area contributed by atoms with Crippen molar-refractivity contribution in [2.24, 2.45) is 0 Å². The van der Waals surface area contributed by atoms with Gasteiger partial charge in [0.1, 0.15) is 0 Å². The first kappa shape index (κ1) is 39.5. The molecule has 0 fully saturated rings. The Balaban J connectivity index is 0.000000270. The number of rotatable bonds is 8. The number of phenols is 10. The Morgan fingerprint density at radius 2 is 0.780 bits per heavy atom. The fourth-order valence-electron chi connectivity index (χ4n) is 4.19. The van der Waals surface area contributed by atoms with Gasteiger partial charge < -0.3 is 61.7 Å². The van der Waals surface area contributed by atoms with Crippen molar-refractivity contribution in [2.45, 2.75) is 26.9 Å². The van der Waals surface area contributed by atoms with Gasteiger partial charge in [0, 0.05) is 13.1 Å². The summed E-state index contributed by atoms with van der Waals surface area (Å²) in [7, 11) is 0. The fraction of sp³-hybridized carbons (Fsp3) is 0.118. The molecule has 0 aliphatic heterocycles. The Morgan fingerprint density at radius 1 is 0.500 bits per heavy atom. The number of benzene rings is 4. The zero-order chi connectivity index (χ0) is 37.4. The van der Waals surface area contributed by atoms with Gasteiger partial charge in [0.2, 0.25) is 0 Å². The number of hydrogen-bond donors (Lipinski definition) is 12. The van der Waals surface area contributed by atoms with E-state index in [1.54, 1.807) is 38.1 Å². The van der Waals surface area contributed by atoms with Crippen molar-refractivity contribution in [3.8, 4) is 57.5 Å². The average molecular weight is 853 g/mol. The molecule has 4 rings (SSSR count). The minimum Gasteiger partial charge on any atom is -0.504 e. The fourth-order valence-corrected chi connectivity index (χ4v) is 5.59. The van der Waals surface area contributed by atoms with E-state index in [9.17, 15) is 51.1 Å². The number of aromatic hydroxyl groups is 10. The van der Waals surface area contributed by atoms with Crippen molar-refractivity contribution >= 4 is 77.4 Å². The van der Waals surface area contributed by atoms with Crippen LogP contribution in [0.4, 0.5) is 0 Å². The van der Waals surface area contributed by atoms with Crippen LogP contribution >= 0.6 is 56.3 Å². The zero-order valence-corrected chi connectivity index (χ0v) is 31.0. The Labute approximate surface area is 313 Å². The van der Waals surface area contributed by atoms with E-state index in [1.165, 1.54) is 36.4 Å². The summed E-state index contributed by atoms with van der Waals surface area (Å²) in [6, 6.07) is 11.4. The quantitative estimate of drug-likeness (QED) is 0.0488. The predicted octanol–water partition coefficient (Wildman–Crippen LogP) is 7.00. The van der Waals surface area contributed by atoms with Gasteiger partial charge in [0.25, 0.3) is 0 Å². The lowest BCUT2D eigenvalue weighted by atomic mass is 10.1. The van der Waals surface area contributed by atoms with Gasteiger partial charge in [-0.15, -0.1) is 0 Å². The second-order valence-electron chi connectivity index (χ2n) is 10.7. The number of hydrogen-bond acceptors (Lipinski definition) is 12. The number of allylic oxidation sites excluding steroid dienone is 2. The molecular formula is C34H32Br2N2O10S2. The molecular weight excluding hydrogens is 820 g/mol. The van der Waals surface area contributed by atoms with Gasteiger partial charge in [-0.2, -0.15) is 0 Å². The smallest absolute Gasteiger partial charge is 0.200 e. The molecule has 0 atom stereocenters. The molecule has 0 amide bonds. The van der Waals surface area contributed by atoms with Crippen molar-refractivity contribution in [3.63, 3.8) is 0 Å². The van der Waals surface area contributed by atoms with E-state index in [-0.39, 0.29) is 36.1 Å². The van der Waals surface area contributed by atoms with Crippen LogP contribution < -0.4 is 10.6 Å². The molecule has 0 aliphatic carbocycles. The van der Waals surface area contributed by atoms with E-state index in [1.807, 2.05) is 0 Å². The SMILES string of the molecule is C/C(=C\C(=S)NCc1cc(O)c(O)c(O)c1)c1cc(O)c(O)c(Br)c1.C/C(=C\C(=S)NCc1cc(O)c(O)c(O)c1)c1cc(O)c(O)c(Br)c1. The minimum absolute atomic E-state index is 0.231. The minimum atomic E-state index is -0.570. The standard InChI is InChI=1S/2C17H16BrNO5S/c2*1-8(10-5-11(18)16(23)14(22)6-10)2-15(25)19-7-9-3-12(20)17(24)13(21)4-9/h2*2-6,20-24H,7H2,1H3,(H,19,25)/b2*8-2+. The molecule has 4 aromatic carbocycles. The third-order valence-corrected chi connectivity index (χ3v) is 8.62. The molecule has 0 aliphatic rings. The molecule has 16 heteroatoms. The molecule has 12 N–H and O–H groups in total. The summed E-state index contributed by atoms with van der Waals surface area (Å²) in [6.07, 6.45) is 3.35. The molecule has 4 aromatic rings. The lowest BCUT2D eigenvalue weighted by Gasteiger charge is -2.10. The van der Waals surface area contributed by atoms with Crippen LogP contribution in [0.15, 0.2) is 69.6 Å². The van der Waals surface area contributed by atoms with Crippen LogP contribution in [0.5, 0.6) is 57.5 Å². The Kier molecular flexibility index (Phi) is 13.6. The first-order chi connectivity index (χ1) is 23.4. The van der Waals surface area contributed by atoms with Crippen molar-refractivity contribution < 1.29 is 51.1 Å². The van der Waals surface area contributed by atoms with Gasteiger partial charge >= 0.3 is 0 Å². The second kappa shape index (κ2) is 17.2. The molecule has 0 saturated carbocycles. The Hall–Kier alpha value is -4.90. The summed E-state index contributed by atoms with van der Waals surface area (Å²) in [4.78, 5) is 0.793. The topological polar surface area (TPSA) is 226 Å². The highest BCUT2D eigenvalue weighted by Crippen LogP contribution is 2.38. The van der Waals surface area contributed by atoms with Gasteiger partial charge in [-0.05, 0) is 140 Å². The molecule has 0 heterocycles. The van der Waals surface area contributed by atoms with E-state index in [2.05, 4.69) is 42.5 Å². The van der Waals surface area contributed by atoms with Crippen molar-refractivity contribution in [1.82, 2.24) is 10.6 Å². The van der Waals surface area contributed by atoms with Crippen LogP contribution in [0.25, 0.3) is 11.1 Å². The molecule has 50 heavy (non-hydrogen) atoms. The van der Waals surface area contributed by atoms with E-state index >= 15 is 0 Å². The molecule has 0 spiro atoms. The zero-order valence-electron chi connectivity index (χ0n) is 26.2. The van der Waals surface area contributed by atoms with Gasteiger partial charge in [-0.3, -0.25) is 0 Å². The summed E-state index contributed by atoms with van der Waals surface area (Å²) >= 11 is 16.8. The van der Waals surface area contributed by atoms with Crippen LogP contribution in [-0.4, -0.2) is 61.0 Å². The first-order valence-corrected chi connectivity index (χ1v) is 16.6. The van der Waals surface area contributed by atoms with Crippen molar-refractivity contribution in [2.75, 3.05) is 0 Å². The molecule has 12 nitrogen and oxygen atoms in total. The normalized spacial score (nSPS) is 11.4. The molecule has 0 bridgehead atoms. The molecule has 264 valence electrons. The lowest BCUT2D eigenvalue weighted by Crippen LogP contribution is -2.18. The van der Waals surface area contributed by atoms with Gasteiger partial charge in [0.15, 0.2) is 57.5 Å². The number of nitrogens with one attached hydrogen (secondary N) is 2. The molecule has 0 aromatic heterocycles. The largest absolute Gasteiger partial charge is 0.504 e. The highest BCUT2D eigenvalue weighted by atomic mass is 79.9. The monoisotopic (exact) mass is 850 g/mol.